The molecule has 0 saturated carbocycles. The van der Waals surface area contributed by atoms with Gasteiger partial charge in [0.15, 0.2) is 5.13 Å². The maximum Gasteiger partial charge on any atom is 0.255 e. The summed E-state index contributed by atoms with van der Waals surface area (Å²) in [5.74, 6) is -0.333. The van der Waals surface area contributed by atoms with Gasteiger partial charge in [-0.15, -0.1) is 11.3 Å². The first-order valence-corrected chi connectivity index (χ1v) is 11.9. The Morgan fingerprint density at radius 1 is 1.12 bits per heavy atom. The summed E-state index contributed by atoms with van der Waals surface area (Å²) in [5, 5.41) is 6.00. The summed E-state index contributed by atoms with van der Waals surface area (Å²) in [6, 6.07) is 15.3. The summed E-state index contributed by atoms with van der Waals surface area (Å²) in [6.07, 6.45) is 3.07. The van der Waals surface area contributed by atoms with Crippen LogP contribution in [-0.4, -0.2) is 39.3 Å². The number of amides is 2. The van der Waals surface area contributed by atoms with Crippen molar-refractivity contribution in [2.24, 2.45) is 0 Å². The Hall–Kier alpha value is -3.58. The third kappa shape index (κ3) is 4.12. The molecule has 3 heterocycles. The third-order valence-electron chi connectivity index (χ3n) is 6.08. The zero-order valence-corrected chi connectivity index (χ0v) is 19.4. The van der Waals surface area contributed by atoms with Gasteiger partial charge < -0.3 is 10.2 Å². The van der Waals surface area contributed by atoms with Gasteiger partial charge in [-0.1, -0.05) is 42.0 Å². The van der Waals surface area contributed by atoms with Gasteiger partial charge in [0.25, 0.3) is 5.91 Å². The Bertz CT molecular complexity index is 1350. The number of aromatic nitrogens is 2. The van der Waals surface area contributed by atoms with E-state index in [1.54, 1.807) is 11.1 Å². The summed E-state index contributed by atoms with van der Waals surface area (Å²) >= 11 is 1.37. The summed E-state index contributed by atoms with van der Waals surface area (Å²) in [7, 11) is 0. The van der Waals surface area contributed by atoms with Crippen molar-refractivity contribution in [1.82, 2.24) is 14.9 Å². The first kappa shape index (κ1) is 21.3. The van der Waals surface area contributed by atoms with Crippen LogP contribution in [0.2, 0.25) is 0 Å². The topological polar surface area (TPSA) is 75.2 Å². The number of nitrogens with one attached hydrogen (secondary N) is 1. The zero-order chi connectivity index (χ0) is 22.9. The van der Waals surface area contributed by atoms with Gasteiger partial charge in [0.2, 0.25) is 5.91 Å². The molecule has 7 heteroatoms. The normalized spacial score (nSPS) is 15.7. The van der Waals surface area contributed by atoms with Gasteiger partial charge >= 0.3 is 0 Å². The van der Waals surface area contributed by atoms with Crippen molar-refractivity contribution in [3.8, 4) is 11.3 Å². The minimum atomic E-state index is -0.516. The second kappa shape index (κ2) is 8.75. The van der Waals surface area contributed by atoms with Crippen molar-refractivity contribution in [2.75, 3.05) is 11.9 Å². The van der Waals surface area contributed by atoms with Crippen molar-refractivity contribution in [2.45, 2.75) is 32.7 Å². The van der Waals surface area contributed by atoms with Gasteiger partial charge in [-0.2, -0.15) is 0 Å². The zero-order valence-electron chi connectivity index (χ0n) is 18.5. The lowest BCUT2D eigenvalue weighted by Gasteiger charge is -2.24. The van der Waals surface area contributed by atoms with Gasteiger partial charge in [-0.25, -0.2) is 9.97 Å². The van der Waals surface area contributed by atoms with Gasteiger partial charge in [0, 0.05) is 29.1 Å². The number of hydrogen-bond acceptors (Lipinski definition) is 5. The molecule has 5 rings (SSSR count). The summed E-state index contributed by atoms with van der Waals surface area (Å²) in [4.78, 5) is 37.4. The Morgan fingerprint density at radius 3 is 2.76 bits per heavy atom. The number of thiazole rings is 1. The van der Waals surface area contributed by atoms with Crippen LogP contribution >= 0.6 is 11.3 Å². The Labute approximate surface area is 196 Å². The molecule has 1 N–H and O–H groups in total. The van der Waals surface area contributed by atoms with E-state index in [1.165, 1.54) is 16.9 Å². The number of fused-ring (bicyclic) bond motifs is 1. The molecular formula is C26H24N4O2S. The molecule has 4 aromatic rings. The highest BCUT2D eigenvalue weighted by Crippen LogP contribution is 2.30. The van der Waals surface area contributed by atoms with Crippen LogP contribution in [-0.2, 0) is 4.79 Å². The second-order valence-corrected chi connectivity index (χ2v) is 9.27. The first-order valence-electron chi connectivity index (χ1n) is 11.0. The number of aryl methyl sites for hydroxylation is 2. The predicted octanol–water partition coefficient (Wildman–Crippen LogP) is 5.22. The van der Waals surface area contributed by atoms with Crippen LogP contribution in [0.1, 0.15) is 34.3 Å². The Kier molecular flexibility index (Phi) is 5.64. The number of benzene rings is 2. The second-order valence-electron chi connectivity index (χ2n) is 8.37. The maximum atomic E-state index is 13.8. The molecule has 2 aromatic heterocycles. The Morgan fingerprint density at radius 2 is 1.97 bits per heavy atom. The molecule has 1 unspecified atom stereocenters. The molecule has 0 spiro atoms. The molecule has 6 nitrogen and oxygen atoms in total. The quantitative estimate of drug-likeness (QED) is 0.457. The van der Waals surface area contributed by atoms with E-state index >= 15 is 0 Å². The van der Waals surface area contributed by atoms with E-state index in [4.69, 9.17) is 4.98 Å². The number of carbonyl (C=O) groups excluding carboxylic acids is 2. The van der Waals surface area contributed by atoms with E-state index in [0.29, 0.717) is 23.7 Å². The standard InChI is InChI=1S/C26H24N4O2S/c1-16-9-10-18(17(2)14-16)22-15-20(19-6-3-4-7-21(19)28-22)25(32)30-12-5-8-23(30)24(31)29-26-27-11-13-33-26/h3-4,6-7,9-11,13-15,23H,5,8,12H2,1-2H3,(H,27,29,31). The van der Waals surface area contributed by atoms with Crippen molar-refractivity contribution >= 4 is 39.2 Å². The van der Waals surface area contributed by atoms with Gasteiger partial charge in [0.05, 0.1) is 16.8 Å². The highest BCUT2D eigenvalue weighted by Gasteiger charge is 2.35. The fraction of sp³-hybridized carbons (Fsp3) is 0.231. The molecule has 166 valence electrons. The van der Waals surface area contributed by atoms with Gasteiger partial charge in [-0.3, -0.25) is 9.59 Å². The summed E-state index contributed by atoms with van der Waals surface area (Å²) < 4.78 is 0. The van der Waals surface area contributed by atoms with Crippen molar-refractivity contribution in [3.05, 3.63) is 76.8 Å². The number of para-hydroxylation sites is 1. The lowest BCUT2D eigenvalue weighted by molar-refractivity contribution is -0.119. The van der Waals surface area contributed by atoms with Crippen LogP contribution in [0.3, 0.4) is 0 Å². The number of nitrogens with zero attached hydrogens (tertiary/aromatic N) is 3. The molecular weight excluding hydrogens is 432 g/mol. The molecule has 1 aliphatic heterocycles. The SMILES string of the molecule is Cc1ccc(-c2cc(C(=O)N3CCCC3C(=O)Nc3nccs3)c3ccccc3n2)c(C)c1. The minimum absolute atomic E-state index is 0.142. The maximum absolute atomic E-state index is 13.8. The molecule has 33 heavy (non-hydrogen) atoms. The Balaban J connectivity index is 1.54. The molecule has 1 atom stereocenters. The van der Waals surface area contributed by atoms with Gasteiger partial charge in [0.1, 0.15) is 6.04 Å². The molecule has 2 amide bonds. The van der Waals surface area contributed by atoms with Gasteiger partial charge in [-0.05, 0) is 44.4 Å². The summed E-state index contributed by atoms with van der Waals surface area (Å²) in [5.41, 5.74) is 5.39. The van der Waals surface area contributed by atoms with Crippen LogP contribution in [0.4, 0.5) is 5.13 Å². The number of rotatable bonds is 4. The van der Waals surface area contributed by atoms with E-state index in [9.17, 15) is 9.59 Å². The average Bonchev–Trinajstić information content (AvgIpc) is 3.50. The van der Waals surface area contributed by atoms with E-state index < -0.39 is 6.04 Å². The van der Waals surface area contributed by atoms with E-state index in [2.05, 4.69) is 42.3 Å². The summed E-state index contributed by atoms with van der Waals surface area (Å²) in [6.45, 7) is 4.66. The molecule has 2 aromatic carbocycles. The largest absolute Gasteiger partial charge is 0.327 e. The molecule has 0 radical (unpaired) electrons. The average molecular weight is 457 g/mol. The smallest absolute Gasteiger partial charge is 0.255 e. The lowest BCUT2D eigenvalue weighted by atomic mass is 9.99. The van der Waals surface area contributed by atoms with Crippen molar-refractivity contribution < 1.29 is 9.59 Å². The fourth-order valence-electron chi connectivity index (χ4n) is 4.50. The molecule has 0 bridgehead atoms. The van der Waals surface area contributed by atoms with Crippen LogP contribution in [0.15, 0.2) is 60.1 Å². The van der Waals surface area contributed by atoms with Crippen molar-refractivity contribution in [3.63, 3.8) is 0 Å². The highest BCUT2D eigenvalue weighted by atomic mass is 32.1. The molecule has 0 aliphatic carbocycles. The monoisotopic (exact) mass is 456 g/mol. The van der Waals surface area contributed by atoms with E-state index in [-0.39, 0.29) is 11.8 Å². The highest BCUT2D eigenvalue weighted by molar-refractivity contribution is 7.13. The lowest BCUT2D eigenvalue weighted by Crippen LogP contribution is -2.43. The number of pyridine rings is 1. The number of likely N-dealkylation sites (tertiary alicyclic amines) is 1. The fourth-order valence-corrected chi connectivity index (χ4v) is 5.03. The van der Waals surface area contributed by atoms with Crippen LogP contribution in [0.5, 0.6) is 0 Å². The van der Waals surface area contributed by atoms with E-state index in [0.717, 1.165) is 34.1 Å². The minimum Gasteiger partial charge on any atom is -0.327 e. The molecule has 1 aliphatic rings. The van der Waals surface area contributed by atoms with Crippen LogP contribution in [0.25, 0.3) is 22.2 Å². The molecule has 1 saturated heterocycles. The number of anilines is 1. The number of carbonyl (C=O) groups is 2. The molecule has 1 fully saturated rings. The third-order valence-corrected chi connectivity index (χ3v) is 6.77. The number of hydrogen-bond donors (Lipinski definition) is 1. The van der Waals surface area contributed by atoms with Crippen LogP contribution in [0, 0.1) is 13.8 Å². The van der Waals surface area contributed by atoms with Crippen LogP contribution < -0.4 is 5.32 Å². The first-order chi connectivity index (χ1) is 16.0. The predicted molar refractivity (Wildman–Crippen MR) is 131 cm³/mol. The van der Waals surface area contributed by atoms with Crippen molar-refractivity contribution in [1.29, 1.82) is 0 Å². The van der Waals surface area contributed by atoms with E-state index in [1.807, 2.05) is 35.7 Å².